The molecule has 3 aromatic rings. The topological polar surface area (TPSA) is 88.1 Å². The molecule has 4 rings (SSSR count). The number of alkyl halides is 2. The molecule has 34 heavy (non-hydrogen) atoms. The van der Waals surface area contributed by atoms with Gasteiger partial charge in [-0.2, -0.15) is 0 Å². The number of likely N-dealkylation sites (tertiary alicyclic amines) is 1. The van der Waals surface area contributed by atoms with Gasteiger partial charge in [0.15, 0.2) is 22.9 Å². The summed E-state index contributed by atoms with van der Waals surface area (Å²) in [5, 5.41) is 3.27. The number of aromatic nitrogens is 3. The maximum absolute atomic E-state index is 13.7. The second-order valence-corrected chi connectivity index (χ2v) is 9.26. The molecule has 0 aliphatic carbocycles. The number of nitrogens with one attached hydrogen (secondary N) is 1. The highest BCUT2D eigenvalue weighted by Gasteiger charge is 2.37. The number of thiazole rings is 1. The minimum absolute atomic E-state index is 0.0957. The van der Waals surface area contributed by atoms with Crippen LogP contribution < -0.4 is 5.32 Å². The number of carbonyl (C=O) groups is 2. The summed E-state index contributed by atoms with van der Waals surface area (Å²) >= 11 is 7.39. The lowest BCUT2D eigenvalue weighted by Crippen LogP contribution is -2.44. The van der Waals surface area contributed by atoms with Crippen molar-refractivity contribution in [1.29, 1.82) is 0 Å². The molecule has 0 bridgehead atoms. The first-order valence-electron chi connectivity index (χ1n) is 10.3. The van der Waals surface area contributed by atoms with E-state index < -0.39 is 23.7 Å². The standard InChI is InChI=1S/C22H19ClF3N5O2S/c23-16-2-1-13(20-28-8-14(24)9-29-20)7-15(16)21(33)30-10-17(18-11-27-19(12-32)34-18)31-5-3-22(25,26)4-6-31/h1-2,7-9,11-12,17H,3-6,10H2,(H,30,33). The van der Waals surface area contributed by atoms with Crippen LogP contribution in [0.4, 0.5) is 13.2 Å². The summed E-state index contributed by atoms with van der Waals surface area (Å²) in [5.74, 6) is -3.56. The van der Waals surface area contributed by atoms with E-state index in [-0.39, 0.29) is 53.9 Å². The summed E-state index contributed by atoms with van der Waals surface area (Å²) in [6.07, 6.45) is 3.61. The van der Waals surface area contributed by atoms with Crippen LogP contribution in [0.2, 0.25) is 5.02 Å². The summed E-state index contributed by atoms with van der Waals surface area (Å²) in [6.45, 7) is 0.374. The summed E-state index contributed by atoms with van der Waals surface area (Å²) in [4.78, 5) is 38.5. The highest BCUT2D eigenvalue weighted by Crippen LogP contribution is 2.34. The van der Waals surface area contributed by atoms with E-state index >= 15 is 0 Å². The molecule has 1 aliphatic heterocycles. The molecule has 1 N–H and O–H groups in total. The maximum Gasteiger partial charge on any atom is 0.252 e. The van der Waals surface area contributed by atoms with E-state index in [0.29, 0.717) is 16.7 Å². The lowest BCUT2D eigenvalue weighted by atomic mass is 10.0. The van der Waals surface area contributed by atoms with Crippen molar-refractivity contribution in [2.45, 2.75) is 24.8 Å². The highest BCUT2D eigenvalue weighted by atomic mass is 35.5. The van der Waals surface area contributed by atoms with Crippen LogP contribution in [-0.2, 0) is 0 Å². The molecule has 1 aromatic carbocycles. The Morgan fingerprint density at radius 1 is 1.21 bits per heavy atom. The number of rotatable bonds is 7. The number of hydrogen-bond acceptors (Lipinski definition) is 7. The number of carbonyl (C=O) groups excluding carboxylic acids is 2. The Kier molecular flexibility index (Phi) is 7.24. The molecule has 0 radical (unpaired) electrons. The lowest BCUT2D eigenvalue weighted by Gasteiger charge is -2.37. The summed E-state index contributed by atoms with van der Waals surface area (Å²) in [7, 11) is 0. The first-order valence-corrected chi connectivity index (χ1v) is 11.5. The predicted molar refractivity (Wildman–Crippen MR) is 121 cm³/mol. The third-order valence-electron chi connectivity index (χ3n) is 5.49. The van der Waals surface area contributed by atoms with Crippen LogP contribution in [0, 0.1) is 5.82 Å². The van der Waals surface area contributed by atoms with Crippen LogP contribution >= 0.6 is 22.9 Å². The van der Waals surface area contributed by atoms with Gasteiger partial charge >= 0.3 is 0 Å². The van der Waals surface area contributed by atoms with Gasteiger partial charge in [0.25, 0.3) is 11.8 Å². The number of halogens is 4. The van der Waals surface area contributed by atoms with Crippen molar-refractivity contribution in [3.05, 3.63) is 63.1 Å². The smallest absolute Gasteiger partial charge is 0.252 e. The Labute approximate surface area is 202 Å². The average Bonchev–Trinajstić information content (AvgIpc) is 3.30. The van der Waals surface area contributed by atoms with E-state index in [1.54, 1.807) is 6.07 Å². The largest absolute Gasteiger partial charge is 0.350 e. The minimum atomic E-state index is -2.72. The lowest BCUT2D eigenvalue weighted by molar-refractivity contribution is -0.0629. The SMILES string of the molecule is O=Cc1ncc(C(CNC(=O)c2cc(-c3ncc(F)cn3)ccc2Cl)N2CCC(F)(F)CC2)s1. The fraction of sp³-hybridized carbons (Fsp3) is 0.318. The maximum atomic E-state index is 13.7. The van der Waals surface area contributed by atoms with Crippen LogP contribution in [0.25, 0.3) is 11.4 Å². The third kappa shape index (κ3) is 5.60. The van der Waals surface area contributed by atoms with E-state index in [9.17, 15) is 22.8 Å². The minimum Gasteiger partial charge on any atom is -0.350 e. The van der Waals surface area contributed by atoms with Gasteiger partial charge in [-0.15, -0.1) is 11.3 Å². The first kappa shape index (κ1) is 24.2. The number of piperidine rings is 1. The monoisotopic (exact) mass is 509 g/mol. The molecule has 178 valence electrons. The number of benzene rings is 1. The van der Waals surface area contributed by atoms with Crippen molar-refractivity contribution < 1.29 is 22.8 Å². The van der Waals surface area contributed by atoms with Crippen molar-refractivity contribution >= 4 is 35.1 Å². The third-order valence-corrected chi connectivity index (χ3v) is 6.84. The van der Waals surface area contributed by atoms with Gasteiger partial charge < -0.3 is 5.32 Å². The van der Waals surface area contributed by atoms with Gasteiger partial charge in [-0.05, 0) is 18.2 Å². The van der Waals surface area contributed by atoms with Crippen molar-refractivity contribution in [3.8, 4) is 11.4 Å². The van der Waals surface area contributed by atoms with E-state index in [4.69, 9.17) is 11.6 Å². The summed E-state index contributed by atoms with van der Waals surface area (Å²) in [5.41, 5.74) is 0.636. The number of amides is 1. The Balaban J connectivity index is 1.53. The molecule has 7 nitrogen and oxygen atoms in total. The van der Waals surface area contributed by atoms with Crippen LogP contribution in [0.5, 0.6) is 0 Å². The van der Waals surface area contributed by atoms with Crippen LogP contribution in [0.3, 0.4) is 0 Å². The van der Waals surface area contributed by atoms with Gasteiger partial charge in [0.05, 0.1) is 29.0 Å². The van der Waals surface area contributed by atoms with Gasteiger partial charge in [-0.3, -0.25) is 14.5 Å². The van der Waals surface area contributed by atoms with Gasteiger partial charge in [0.2, 0.25) is 0 Å². The molecule has 1 unspecified atom stereocenters. The van der Waals surface area contributed by atoms with E-state index in [1.807, 2.05) is 4.90 Å². The zero-order chi connectivity index (χ0) is 24.3. The van der Waals surface area contributed by atoms with Gasteiger partial charge in [0, 0.05) is 49.1 Å². The number of aldehydes is 1. The average molecular weight is 510 g/mol. The summed E-state index contributed by atoms with van der Waals surface area (Å²) < 4.78 is 40.5. The van der Waals surface area contributed by atoms with Gasteiger partial charge in [-0.1, -0.05) is 11.6 Å². The second-order valence-electron chi connectivity index (χ2n) is 7.76. The zero-order valence-corrected chi connectivity index (χ0v) is 19.3. The fourth-order valence-electron chi connectivity index (χ4n) is 3.67. The zero-order valence-electron chi connectivity index (χ0n) is 17.7. The molecule has 1 saturated heterocycles. The molecule has 2 aromatic heterocycles. The molecule has 0 spiro atoms. The second kappa shape index (κ2) is 10.2. The Morgan fingerprint density at radius 3 is 2.56 bits per heavy atom. The molecule has 1 atom stereocenters. The van der Waals surface area contributed by atoms with E-state index in [1.165, 1.54) is 18.3 Å². The quantitative estimate of drug-likeness (QED) is 0.475. The summed E-state index contributed by atoms with van der Waals surface area (Å²) in [6, 6.07) is 4.19. The van der Waals surface area contributed by atoms with E-state index in [2.05, 4.69) is 20.3 Å². The molecule has 3 heterocycles. The molecular weight excluding hydrogens is 491 g/mol. The van der Waals surface area contributed by atoms with Crippen molar-refractivity contribution in [1.82, 2.24) is 25.2 Å². The normalized spacial score (nSPS) is 16.7. The number of nitrogens with zero attached hydrogens (tertiary/aromatic N) is 4. The predicted octanol–water partition coefficient (Wildman–Crippen LogP) is 4.41. The number of hydrogen-bond donors (Lipinski definition) is 1. The van der Waals surface area contributed by atoms with Crippen LogP contribution in [0.15, 0.2) is 36.8 Å². The first-order chi connectivity index (χ1) is 16.3. The van der Waals surface area contributed by atoms with Gasteiger partial charge in [0.1, 0.15) is 0 Å². The Morgan fingerprint density at radius 2 is 1.91 bits per heavy atom. The van der Waals surface area contributed by atoms with E-state index in [0.717, 1.165) is 23.7 Å². The van der Waals surface area contributed by atoms with Gasteiger partial charge in [-0.25, -0.2) is 28.1 Å². The molecule has 1 aliphatic rings. The van der Waals surface area contributed by atoms with Crippen molar-refractivity contribution in [2.75, 3.05) is 19.6 Å². The molecule has 12 heteroatoms. The van der Waals surface area contributed by atoms with Crippen LogP contribution in [-0.4, -0.2) is 57.6 Å². The molecule has 1 fully saturated rings. The molecule has 1 amide bonds. The molecular formula is C22H19ClF3N5O2S. The molecule has 0 saturated carbocycles. The van der Waals surface area contributed by atoms with Crippen molar-refractivity contribution in [2.24, 2.45) is 0 Å². The highest BCUT2D eigenvalue weighted by molar-refractivity contribution is 7.13. The van der Waals surface area contributed by atoms with Crippen LogP contribution in [0.1, 0.15) is 43.9 Å². The Bertz CT molecular complexity index is 1180. The fourth-order valence-corrected chi connectivity index (χ4v) is 4.74. The van der Waals surface area contributed by atoms with Crippen molar-refractivity contribution in [3.63, 3.8) is 0 Å². The Hall–Kier alpha value is -2.89.